The first-order chi connectivity index (χ1) is 6.67. The quantitative estimate of drug-likeness (QED) is 0.742. The van der Waals surface area contributed by atoms with Crippen molar-refractivity contribution in [2.75, 3.05) is 13.2 Å². The van der Waals surface area contributed by atoms with Gasteiger partial charge < -0.3 is 10.5 Å². The Kier molecular flexibility index (Phi) is 2.19. The van der Waals surface area contributed by atoms with E-state index in [0.717, 1.165) is 12.0 Å². The zero-order valence-corrected chi connectivity index (χ0v) is 8.22. The number of para-hydroxylation sites is 1. The van der Waals surface area contributed by atoms with Crippen molar-refractivity contribution < 1.29 is 9.13 Å². The Labute approximate surface area is 82.9 Å². The van der Waals surface area contributed by atoms with Gasteiger partial charge in [-0.05, 0) is 12.5 Å². The van der Waals surface area contributed by atoms with Gasteiger partial charge in [-0.3, -0.25) is 0 Å². The minimum absolute atomic E-state index is 0.143. The topological polar surface area (TPSA) is 35.2 Å². The zero-order valence-electron chi connectivity index (χ0n) is 8.22. The highest BCUT2D eigenvalue weighted by atomic mass is 19.1. The van der Waals surface area contributed by atoms with E-state index < -0.39 is 0 Å². The van der Waals surface area contributed by atoms with Crippen molar-refractivity contribution in [2.45, 2.75) is 18.8 Å². The highest BCUT2D eigenvalue weighted by Crippen LogP contribution is 2.39. The molecule has 14 heavy (non-hydrogen) atoms. The molecule has 0 aromatic heterocycles. The Hall–Kier alpha value is -1.09. The lowest BCUT2D eigenvalue weighted by Crippen LogP contribution is -2.37. The third kappa shape index (κ3) is 1.28. The Morgan fingerprint density at radius 2 is 2.36 bits per heavy atom. The van der Waals surface area contributed by atoms with Gasteiger partial charge in [0.25, 0.3) is 0 Å². The van der Waals surface area contributed by atoms with E-state index in [9.17, 15) is 4.39 Å². The molecule has 2 rings (SSSR count). The number of rotatable bonds is 1. The second kappa shape index (κ2) is 3.24. The van der Waals surface area contributed by atoms with Crippen LogP contribution in [-0.2, 0) is 5.41 Å². The summed E-state index contributed by atoms with van der Waals surface area (Å²) in [5, 5.41) is 0. The van der Waals surface area contributed by atoms with E-state index in [1.54, 1.807) is 6.07 Å². The van der Waals surface area contributed by atoms with Crippen LogP contribution in [0.25, 0.3) is 0 Å². The van der Waals surface area contributed by atoms with Gasteiger partial charge in [-0.1, -0.05) is 19.1 Å². The highest BCUT2D eigenvalue weighted by molar-refractivity contribution is 5.42. The lowest BCUT2D eigenvalue weighted by Gasteiger charge is -2.34. The summed E-state index contributed by atoms with van der Waals surface area (Å²) in [5.41, 5.74) is 6.48. The smallest absolute Gasteiger partial charge is 0.165 e. The highest BCUT2D eigenvalue weighted by Gasteiger charge is 2.33. The molecule has 2 nitrogen and oxygen atoms in total. The van der Waals surface area contributed by atoms with Gasteiger partial charge in [-0.2, -0.15) is 0 Å². The summed E-state index contributed by atoms with van der Waals surface area (Å²) >= 11 is 0. The molecule has 1 unspecified atom stereocenters. The van der Waals surface area contributed by atoms with E-state index in [1.807, 2.05) is 13.0 Å². The molecule has 0 saturated heterocycles. The van der Waals surface area contributed by atoms with Crippen LogP contribution in [0.15, 0.2) is 18.2 Å². The van der Waals surface area contributed by atoms with E-state index in [1.165, 1.54) is 6.07 Å². The predicted molar refractivity (Wildman–Crippen MR) is 52.9 cm³/mol. The normalized spacial score (nSPS) is 25.4. The number of benzene rings is 1. The van der Waals surface area contributed by atoms with Crippen molar-refractivity contribution in [1.82, 2.24) is 0 Å². The van der Waals surface area contributed by atoms with E-state index in [4.69, 9.17) is 10.5 Å². The molecule has 1 aliphatic rings. The maximum absolute atomic E-state index is 13.4. The zero-order chi connectivity index (χ0) is 10.2. The van der Waals surface area contributed by atoms with Gasteiger partial charge in [0.2, 0.25) is 0 Å². The molecule has 3 heteroatoms. The summed E-state index contributed by atoms with van der Waals surface area (Å²) < 4.78 is 18.7. The maximum Gasteiger partial charge on any atom is 0.165 e. The molecule has 2 N–H and O–H groups in total. The van der Waals surface area contributed by atoms with E-state index in [2.05, 4.69) is 0 Å². The van der Waals surface area contributed by atoms with Crippen molar-refractivity contribution in [1.29, 1.82) is 0 Å². The fraction of sp³-hybridized carbons (Fsp3) is 0.455. The number of ether oxygens (including phenoxy) is 1. The number of nitrogens with two attached hydrogens (primary N) is 1. The summed E-state index contributed by atoms with van der Waals surface area (Å²) in [7, 11) is 0. The molecule has 0 aliphatic carbocycles. The molecule has 0 saturated carbocycles. The molecule has 0 bridgehead atoms. The van der Waals surface area contributed by atoms with Crippen LogP contribution in [0.5, 0.6) is 5.75 Å². The van der Waals surface area contributed by atoms with Crippen LogP contribution in [0, 0.1) is 5.82 Å². The third-order valence-corrected chi connectivity index (χ3v) is 2.97. The van der Waals surface area contributed by atoms with Gasteiger partial charge in [0, 0.05) is 17.5 Å². The molecular formula is C11H14FNO. The SMILES string of the molecule is CC1(CN)CCOc2c(F)cccc21. The van der Waals surface area contributed by atoms with Gasteiger partial charge >= 0.3 is 0 Å². The predicted octanol–water partition coefficient (Wildman–Crippen LogP) is 1.82. The summed E-state index contributed by atoms with van der Waals surface area (Å²) in [6.45, 7) is 3.11. The number of hydrogen-bond acceptors (Lipinski definition) is 2. The van der Waals surface area contributed by atoms with Crippen LogP contribution >= 0.6 is 0 Å². The molecule has 1 aromatic rings. The molecule has 0 radical (unpaired) electrons. The van der Waals surface area contributed by atoms with Crippen molar-refractivity contribution in [2.24, 2.45) is 5.73 Å². The van der Waals surface area contributed by atoms with Crippen molar-refractivity contribution >= 4 is 0 Å². The van der Waals surface area contributed by atoms with E-state index in [-0.39, 0.29) is 11.2 Å². The number of fused-ring (bicyclic) bond motifs is 1. The van der Waals surface area contributed by atoms with Crippen LogP contribution in [0.2, 0.25) is 0 Å². The fourth-order valence-electron chi connectivity index (χ4n) is 1.86. The number of hydrogen-bond donors (Lipinski definition) is 1. The van der Waals surface area contributed by atoms with Crippen LogP contribution in [0.4, 0.5) is 4.39 Å². The van der Waals surface area contributed by atoms with Gasteiger partial charge in [0.05, 0.1) is 6.61 Å². The van der Waals surface area contributed by atoms with Gasteiger partial charge in [0.15, 0.2) is 11.6 Å². The molecule has 1 heterocycles. The molecule has 76 valence electrons. The first-order valence-corrected chi connectivity index (χ1v) is 4.79. The largest absolute Gasteiger partial charge is 0.490 e. The summed E-state index contributed by atoms with van der Waals surface area (Å²) in [6, 6.07) is 5.02. The van der Waals surface area contributed by atoms with E-state index >= 15 is 0 Å². The molecular weight excluding hydrogens is 181 g/mol. The number of halogens is 1. The van der Waals surface area contributed by atoms with Crippen molar-refractivity contribution in [3.05, 3.63) is 29.6 Å². The Bertz CT molecular complexity index is 353. The van der Waals surface area contributed by atoms with Crippen LogP contribution in [-0.4, -0.2) is 13.2 Å². The maximum atomic E-state index is 13.4. The standard InChI is InChI=1S/C11H14FNO/c1-11(7-13)5-6-14-10-8(11)3-2-4-9(10)12/h2-4H,5-7,13H2,1H3. The minimum atomic E-state index is -0.290. The molecule has 0 spiro atoms. The van der Waals surface area contributed by atoms with Gasteiger partial charge in [-0.15, -0.1) is 0 Å². The fourth-order valence-corrected chi connectivity index (χ4v) is 1.86. The summed E-state index contributed by atoms with van der Waals surface area (Å²) in [6.07, 6.45) is 0.847. The minimum Gasteiger partial charge on any atom is -0.490 e. The van der Waals surface area contributed by atoms with Crippen LogP contribution in [0.3, 0.4) is 0 Å². The molecule has 0 amide bonds. The lowest BCUT2D eigenvalue weighted by atomic mass is 9.78. The van der Waals surface area contributed by atoms with E-state index in [0.29, 0.717) is 18.9 Å². The van der Waals surface area contributed by atoms with Crippen molar-refractivity contribution in [3.63, 3.8) is 0 Å². The second-order valence-electron chi connectivity index (χ2n) is 3.98. The van der Waals surface area contributed by atoms with Crippen molar-refractivity contribution in [3.8, 4) is 5.75 Å². The average Bonchev–Trinajstić information content (AvgIpc) is 2.20. The Morgan fingerprint density at radius 1 is 1.57 bits per heavy atom. The second-order valence-corrected chi connectivity index (χ2v) is 3.98. The Morgan fingerprint density at radius 3 is 3.07 bits per heavy atom. The summed E-state index contributed by atoms with van der Waals surface area (Å²) in [5.74, 6) is 0.0913. The molecule has 1 aliphatic heterocycles. The van der Waals surface area contributed by atoms with Gasteiger partial charge in [-0.25, -0.2) is 4.39 Å². The van der Waals surface area contributed by atoms with Gasteiger partial charge in [0.1, 0.15) is 0 Å². The molecule has 0 fully saturated rings. The monoisotopic (exact) mass is 195 g/mol. The molecule has 1 atom stereocenters. The average molecular weight is 195 g/mol. The first-order valence-electron chi connectivity index (χ1n) is 4.79. The summed E-state index contributed by atoms with van der Waals surface area (Å²) in [4.78, 5) is 0. The lowest BCUT2D eigenvalue weighted by molar-refractivity contribution is 0.217. The molecule has 1 aromatic carbocycles. The first kappa shape index (κ1) is 9.46. The third-order valence-electron chi connectivity index (χ3n) is 2.97. The Balaban J connectivity index is 2.55. The van der Waals surface area contributed by atoms with Crippen LogP contribution < -0.4 is 10.5 Å². The van der Waals surface area contributed by atoms with Crippen LogP contribution in [0.1, 0.15) is 18.9 Å².